The third-order valence-corrected chi connectivity index (χ3v) is 6.58. The Kier molecular flexibility index (Phi) is 6.16. The predicted octanol–water partition coefficient (Wildman–Crippen LogP) is 1.51. The second kappa shape index (κ2) is 9.03. The first kappa shape index (κ1) is 22.5. The molecule has 3 heterocycles. The van der Waals surface area contributed by atoms with Gasteiger partial charge in [-0.25, -0.2) is 13.1 Å². The number of fused-ring (bicyclic) bond motifs is 1. The average molecular weight is 474 g/mol. The zero-order chi connectivity index (χ0) is 23.6. The van der Waals surface area contributed by atoms with Crippen molar-refractivity contribution in [3.63, 3.8) is 0 Å². The fourth-order valence-electron chi connectivity index (χ4n) is 3.35. The normalized spacial score (nSPS) is 11.6. The van der Waals surface area contributed by atoms with E-state index in [1.165, 1.54) is 4.52 Å². The van der Waals surface area contributed by atoms with Crippen LogP contribution in [0.5, 0.6) is 17.4 Å². The van der Waals surface area contributed by atoms with Crippen LogP contribution in [-0.4, -0.2) is 65.8 Å². The molecule has 174 valence electrons. The number of ether oxygens (including phenoxy) is 3. The van der Waals surface area contributed by atoms with Gasteiger partial charge >= 0.3 is 0 Å². The lowest BCUT2D eigenvalue weighted by molar-refractivity contribution is 0.306. The summed E-state index contributed by atoms with van der Waals surface area (Å²) in [5.74, 6) is 1.93. The van der Waals surface area contributed by atoms with Crippen LogP contribution in [0.3, 0.4) is 0 Å². The number of hydrogen-bond acceptors (Lipinski definition) is 9. The minimum atomic E-state index is -3.71. The number of hydrogen-bond donors (Lipinski definition) is 2. The number of aryl methyl sites for hydroxylation is 2. The maximum absolute atomic E-state index is 12.5. The highest BCUT2D eigenvalue weighted by Crippen LogP contribution is 2.32. The molecule has 0 radical (unpaired) electrons. The number of rotatable bonds is 9. The maximum atomic E-state index is 12.5. The predicted molar refractivity (Wildman–Crippen MR) is 118 cm³/mol. The highest BCUT2D eigenvalue weighted by molar-refractivity contribution is 7.89. The van der Waals surface area contributed by atoms with Gasteiger partial charge in [-0.1, -0.05) is 0 Å². The first-order chi connectivity index (χ1) is 15.8. The van der Waals surface area contributed by atoms with Gasteiger partial charge in [-0.3, -0.25) is 5.10 Å². The summed E-state index contributed by atoms with van der Waals surface area (Å²) in [6, 6.07) is 8.66. The van der Waals surface area contributed by atoms with Gasteiger partial charge in [0.15, 0.2) is 11.5 Å². The van der Waals surface area contributed by atoms with Crippen molar-refractivity contribution >= 4 is 15.7 Å². The Bertz CT molecular complexity index is 1380. The average Bonchev–Trinajstić information content (AvgIpc) is 3.38. The van der Waals surface area contributed by atoms with Crippen LogP contribution >= 0.6 is 0 Å². The van der Waals surface area contributed by atoms with Gasteiger partial charge in [0.25, 0.3) is 0 Å². The van der Waals surface area contributed by atoms with Crippen LogP contribution < -0.4 is 18.9 Å². The van der Waals surface area contributed by atoms with Crippen LogP contribution in [0.4, 0.5) is 0 Å². The lowest BCUT2D eigenvalue weighted by Gasteiger charge is -2.10. The molecule has 0 atom stereocenters. The van der Waals surface area contributed by atoms with Crippen molar-refractivity contribution in [1.29, 1.82) is 0 Å². The Morgan fingerprint density at radius 1 is 1.09 bits per heavy atom. The van der Waals surface area contributed by atoms with Crippen molar-refractivity contribution in [1.82, 2.24) is 34.7 Å². The van der Waals surface area contributed by atoms with Gasteiger partial charge < -0.3 is 14.2 Å². The molecular formula is C20H23N7O5S. The second-order valence-corrected chi connectivity index (χ2v) is 8.74. The zero-order valence-electron chi connectivity index (χ0n) is 18.5. The van der Waals surface area contributed by atoms with Crippen molar-refractivity contribution in [2.45, 2.75) is 18.7 Å². The smallest absolute Gasteiger partial charge is 0.244 e. The number of H-pyrrole nitrogens is 1. The molecule has 0 amide bonds. The highest BCUT2D eigenvalue weighted by Gasteiger charge is 2.22. The molecule has 1 aromatic carbocycles. The van der Waals surface area contributed by atoms with E-state index in [1.54, 1.807) is 58.4 Å². The maximum Gasteiger partial charge on any atom is 0.244 e. The largest absolute Gasteiger partial charge is 0.497 e. The molecule has 0 fully saturated rings. The van der Waals surface area contributed by atoms with Crippen molar-refractivity contribution in [2.75, 3.05) is 27.4 Å². The van der Waals surface area contributed by atoms with Crippen LogP contribution in [0.1, 0.15) is 11.4 Å². The van der Waals surface area contributed by atoms with E-state index in [9.17, 15) is 8.42 Å². The first-order valence-electron chi connectivity index (χ1n) is 9.93. The number of aromatic amines is 1. The van der Waals surface area contributed by atoms with Gasteiger partial charge in [0, 0.05) is 12.6 Å². The van der Waals surface area contributed by atoms with Gasteiger partial charge in [0.05, 0.1) is 31.2 Å². The molecule has 0 spiro atoms. The molecule has 3 aromatic heterocycles. The summed E-state index contributed by atoms with van der Waals surface area (Å²) >= 11 is 0. The summed E-state index contributed by atoms with van der Waals surface area (Å²) in [5.41, 5.74) is 2.03. The Labute approximate surface area is 189 Å². The van der Waals surface area contributed by atoms with Crippen LogP contribution in [-0.2, 0) is 10.0 Å². The number of nitrogens with one attached hydrogen (secondary N) is 2. The van der Waals surface area contributed by atoms with Crippen LogP contribution in [0, 0.1) is 13.8 Å². The van der Waals surface area contributed by atoms with E-state index in [2.05, 4.69) is 30.2 Å². The molecule has 0 saturated heterocycles. The van der Waals surface area contributed by atoms with Crippen molar-refractivity contribution < 1.29 is 22.6 Å². The summed E-state index contributed by atoms with van der Waals surface area (Å²) in [4.78, 5) is 0.142. The molecule has 0 bridgehead atoms. The molecule has 4 rings (SSSR count). The third-order valence-electron chi connectivity index (χ3n) is 4.86. The zero-order valence-corrected chi connectivity index (χ0v) is 19.3. The number of nitrogens with zero attached hydrogens (tertiary/aromatic N) is 5. The summed E-state index contributed by atoms with van der Waals surface area (Å²) in [5, 5.41) is 19.4. The van der Waals surface area contributed by atoms with Crippen LogP contribution in [0.15, 0.2) is 35.2 Å². The minimum Gasteiger partial charge on any atom is -0.497 e. The van der Waals surface area contributed by atoms with Crippen molar-refractivity contribution in [3.05, 3.63) is 41.7 Å². The second-order valence-electron chi connectivity index (χ2n) is 7.04. The van der Waals surface area contributed by atoms with Gasteiger partial charge in [0.2, 0.25) is 15.9 Å². The van der Waals surface area contributed by atoms with Crippen molar-refractivity contribution in [3.8, 4) is 28.8 Å². The summed E-state index contributed by atoms with van der Waals surface area (Å²) in [7, 11) is -0.580. The molecule has 0 saturated carbocycles. The third kappa shape index (κ3) is 4.45. The number of aromatic nitrogens is 6. The van der Waals surface area contributed by atoms with E-state index >= 15 is 0 Å². The quantitative estimate of drug-likeness (QED) is 0.345. The standard InChI is InChI=1S/C20H23N7O5S/c1-12-19(13(2)23-22-12)33(28,29)21-9-10-32-18-8-7-17-24-25-20(27(17)26-18)15-11-14(30-3)5-6-16(15)31-4/h5-8,11,21H,9-10H2,1-4H3,(H,22,23). The molecule has 0 aliphatic rings. The molecule has 12 nitrogen and oxygen atoms in total. The van der Waals surface area contributed by atoms with E-state index in [-0.39, 0.29) is 23.9 Å². The summed E-state index contributed by atoms with van der Waals surface area (Å²) in [6.07, 6.45) is 0. The fraction of sp³-hybridized carbons (Fsp3) is 0.300. The van der Waals surface area contributed by atoms with E-state index in [0.29, 0.717) is 39.9 Å². The first-order valence-corrected chi connectivity index (χ1v) is 11.4. The molecule has 13 heteroatoms. The lowest BCUT2D eigenvalue weighted by atomic mass is 10.2. The Balaban J connectivity index is 1.51. The number of methoxy groups -OCH3 is 2. The Morgan fingerprint density at radius 3 is 2.61 bits per heavy atom. The topological polar surface area (TPSA) is 146 Å². The molecule has 0 aliphatic heterocycles. The summed E-state index contributed by atoms with van der Waals surface area (Å²) in [6.45, 7) is 3.39. The summed E-state index contributed by atoms with van der Waals surface area (Å²) < 4.78 is 45.5. The van der Waals surface area contributed by atoms with Gasteiger partial charge in [-0.2, -0.15) is 9.61 Å². The van der Waals surface area contributed by atoms with Gasteiger partial charge in [-0.15, -0.1) is 15.3 Å². The van der Waals surface area contributed by atoms with Crippen LogP contribution in [0.2, 0.25) is 0 Å². The molecule has 2 N–H and O–H groups in total. The molecule has 0 unspecified atom stereocenters. The SMILES string of the molecule is COc1ccc(OC)c(-c2nnc3ccc(OCCNS(=O)(=O)c4c(C)n[nH]c4C)nn23)c1. The molecule has 33 heavy (non-hydrogen) atoms. The van der Waals surface area contributed by atoms with Gasteiger partial charge in [0.1, 0.15) is 23.0 Å². The van der Waals surface area contributed by atoms with Crippen molar-refractivity contribution in [2.24, 2.45) is 0 Å². The minimum absolute atomic E-state index is 0.0465. The molecule has 4 aromatic rings. The van der Waals surface area contributed by atoms with E-state index in [4.69, 9.17) is 14.2 Å². The van der Waals surface area contributed by atoms with Gasteiger partial charge in [-0.05, 0) is 38.1 Å². The van der Waals surface area contributed by atoms with E-state index in [1.807, 2.05) is 0 Å². The molecular weight excluding hydrogens is 450 g/mol. The Hall–Kier alpha value is -3.71. The fourth-order valence-corrected chi connectivity index (χ4v) is 4.73. The number of benzene rings is 1. The number of sulfonamides is 1. The monoisotopic (exact) mass is 473 g/mol. The van der Waals surface area contributed by atoms with E-state index in [0.717, 1.165) is 0 Å². The van der Waals surface area contributed by atoms with Crippen LogP contribution in [0.25, 0.3) is 17.0 Å². The molecule has 0 aliphatic carbocycles. The van der Waals surface area contributed by atoms with E-state index < -0.39 is 10.0 Å². The Morgan fingerprint density at radius 2 is 1.91 bits per heavy atom. The highest BCUT2D eigenvalue weighted by atomic mass is 32.2. The lowest BCUT2D eigenvalue weighted by Crippen LogP contribution is -2.29.